The molecular formula is C24H46N6. The number of aliphatic imine (C=N–C) groups is 1. The van der Waals surface area contributed by atoms with E-state index >= 15 is 0 Å². The fourth-order valence-electron chi connectivity index (χ4n) is 6.32. The summed E-state index contributed by atoms with van der Waals surface area (Å²) in [5, 5.41) is 7.52. The Morgan fingerprint density at radius 3 is 2.37 bits per heavy atom. The van der Waals surface area contributed by atoms with E-state index in [0.717, 1.165) is 18.4 Å². The van der Waals surface area contributed by atoms with E-state index in [9.17, 15) is 0 Å². The van der Waals surface area contributed by atoms with Crippen molar-refractivity contribution >= 4 is 5.96 Å². The van der Waals surface area contributed by atoms with Gasteiger partial charge < -0.3 is 20.4 Å². The maximum atomic E-state index is 4.60. The molecule has 4 rings (SSSR count). The quantitative estimate of drug-likeness (QED) is 0.512. The highest BCUT2D eigenvalue weighted by atomic mass is 15.3. The van der Waals surface area contributed by atoms with E-state index in [0.29, 0.717) is 11.6 Å². The van der Waals surface area contributed by atoms with E-state index in [2.05, 4.69) is 37.4 Å². The van der Waals surface area contributed by atoms with Crippen molar-refractivity contribution in [3.8, 4) is 0 Å². The van der Waals surface area contributed by atoms with E-state index in [4.69, 9.17) is 0 Å². The lowest BCUT2D eigenvalue weighted by atomic mass is 9.84. The van der Waals surface area contributed by atoms with Crippen LogP contribution in [0.2, 0.25) is 0 Å². The first kappa shape index (κ1) is 22.3. The molecule has 3 aliphatic heterocycles. The molecule has 0 bridgehead atoms. The Hall–Kier alpha value is -0.850. The molecule has 6 heteroatoms. The van der Waals surface area contributed by atoms with Crippen LogP contribution in [0, 0.1) is 5.92 Å². The summed E-state index contributed by atoms with van der Waals surface area (Å²) >= 11 is 0. The van der Waals surface area contributed by atoms with Gasteiger partial charge >= 0.3 is 0 Å². The molecule has 0 aromatic rings. The zero-order chi connectivity index (χ0) is 20.8. The van der Waals surface area contributed by atoms with Crippen LogP contribution in [0.4, 0.5) is 0 Å². The van der Waals surface area contributed by atoms with E-state index in [1.54, 1.807) is 0 Å². The lowest BCUT2D eigenvalue weighted by molar-refractivity contribution is 0.0173. The van der Waals surface area contributed by atoms with Gasteiger partial charge in [0.15, 0.2) is 5.96 Å². The van der Waals surface area contributed by atoms with Gasteiger partial charge in [-0.3, -0.25) is 9.89 Å². The SMILES string of the molecule is CN=C(NCC1(N2CCCCC2)CCN(C)CC1)NC1CCN(CC2CCCC2)C1. The highest BCUT2D eigenvalue weighted by Gasteiger charge is 2.39. The van der Waals surface area contributed by atoms with Crippen LogP contribution in [-0.4, -0.2) is 98.7 Å². The van der Waals surface area contributed by atoms with Crippen LogP contribution >= 0.6 is 0 Å². The molecule has 4 aliphatic rings. The van der Waals surface area contributed by atoms with Crippen LogP contribution in [0.15, 0.2) is 4.99 Å². The van der Waals surface area contributed by atoms with Gasteiger partial charge in [-0.05, 0) is 84.1 Å². The number of rotatable bonds is 6. The molecule has 0 radical (unpaired) electrons. The number of likely N-dealkylation sites (tertiary alicyclic amines) is 3. The molecule has 3 heterocycles. The monoisotopic (exact) mass is 418 g/mol. The zero-order valence-corrected chi connectivity index (χ0v) is 19.7. The average Bonchev–Trinajstić information content (AvgIpc) is 3.45. The van der Waals surface area contributed by atoms with Crippen LogP contribution in [0.25, 0.3) is 0 Å². The summed E-state index contributed by atoms with van der Waals surface area (Å²) in [5.74, 6) is 1.97. The Labute approximate surface area is 184 Å². The summed E-state index contributed by atoms with van der Waals surface area (Å²) in [4.78, 5) is 12.6. The Kier molecular flexibility index (Phi) is 7.93. The van der Waals surface area contributed by atoms with E-state index in [1.165, 1.54) is 110 Å². The second-order valence-electron chi connectivity index (χ2n) is 10.5. The maximum Gasteiger partial charge on any atom is 0.191 e. The van der Waals surface area contributed by atoms with Gasteiger partial charge in [0.2, 0.25) is 0 Å². The molecule has 6 nitrogen and oxygen atoms in total. The van der Waals surface area contributed by atoms with Crippen molar-refractivity contribution in [1.82, 2.24) is 25.3 Å². The summed E-state index contributed by atoms with van der Waals surface area (Å²) in [6.45, 7) is 9.74. The van der Waals surface area contributed by atoms with Gasteiger partial charge in [-0.15, -0.1) is 0 Å². The first-order valence-electron chi connectivity index (χ1n) is 12.8. The standard InChI is InChI=1S/C24H46N6/c1-25-23(27-22-10-15-29(19-22)18-21-8-4-5-9-21)26-20-24(11-16-28(2)17-12-24)30-13-6-3-7-14-30/h21-22H,3-20H2,1-2H3,(H2,25,26,27). The summed E-state index contributed by atoms with van der Waals surface area (Å²) in [6.07, 6.45) is 13.7. The Balaban J connectivity index is 1.28. The first-order chi connectivity index (χ1) is 14.7. The van der Waals surface area contributed by atoms with Crippen molar-refractivity contribution in [3.05, 3.63) is 0 Å². The molecule has 0 aromatic carbocycles. The molecule has 3 saturated heterocycles. The van der Waals surface area contributed by atoms with E-state index in [1.807, 2.05) is 7.05 Å². The van der Waals surface area contributed by atoms with E-state index in [-0.39, 0.29) is 0 Å². The number of piperidine rings is 2. The molecule has 2 N–H and O–H groups in total. The van der Waals surface area contributed by atoms with Gasteiger partial charge in [-0.25, -0.2) is 0 Å². The first-order valence-corrected chi connectivity index (χ1v) is 12.8. The molecular weight excluding hydrogens is 372 g/mol. The van der Waals surface area contributed by atoms with Gasteiger partial charge in [0, 0.05) is 44.8 Å². The van der Waals surface area contributed by atoms with E-state index < -0.39 is 0 Å². The smallest absolute Gasteiger partial charge is 0.191 e. The zero-order valence-electron chi connectivity index (χ0n) is 19.7. The molecule has 1 aliphatic carbocycles. The normalized spacial score (nSPS) is 30.1. The van der Waals surface area contributed by atoms with Crippen LogP contribution in [-0.2, 0) is 0 Å². The molecule has 4 fully saturated rings. The Bertz CT molecular complexity index is 544. The number of guanidine groups is 1. The molecule has 0 aromatic heterocycles. The van der Waals surface area contributed by atoms with Crippen molar-refractivity contribution in [2.24, 2.45) is 10.9 Å². The predicted molar refractivity (Wildman–Crippen MR) is 126 cm³/mol. The van der Waals surface area contributed by atoms with Crippen LogP contribution in [0.5, 0.6) is 0 Å². The van der Waals surface area contributed by atoms with Crippen molar-refractivity contribution in [1.29, 1.82) is 0 Å². The number of hydrogen-bond acceptors (Lipinski definition) is 4. The molecule has 30 heavy (non-hydrogen) atoms. The molecule has 1 saturated carbocycles. The van der Waals surface area contributed by atoms with Crippen molar-refractivity contribution in [3.63, 3.8) is 0 Å². The summed E-state index contributed by atoms with van der Waals surface area (Å²) in [5.41, 5.74) is 0.300. The molecule has 0 spiro atoms. The second-order valence-corrected chi connectivity index (χ2v) is 10.5. The van der Waals surface area contributed by atoms with Gasteiger partial charge in [-0.1, -0.05) is 19.3 Å². The number of nitrogens with zero attached hydrogens (tertiary/aromatic N) is 4. The lowest BCUT2D eigenvalue weighted by Crippen LogP contribution is -2.62. The largest absolute Gasteiger partial charge is 0.355 e. The summed E-state index contributed by atoms with van der Waals surface area (Å²) < 4.78 is 0. The minimum Gasteiger partial charge on any atom is -0.355 e. The second kappa shape index (κ2) is 10.6. The summed E-state index contributed by atoms with van der Waals surface area (Å²) in [7, 11) is 4.20. The third-order valence-electron chi connectivity index (χ3n) is 8.36. The molecule has 1 atom stereocenters. The Morgan fingerprint density at radius 2 is 1.67 bits per heavy atom. The highest BCUT2D eigenvalue weighted by molar-refractivity contribution is 5.80. The predicted octanol–water partition coefficient (Wildman–Crippen LogP) is 2.37. The number of hydrogen-bond donors (Lipinski definition) is 2. The topological polar surface area (TPSA) is 46.1 Å². The molecule has 1 unspecified atom stereocenters. The van der Waals surface area contributed by atoms with Crippen LogP contribution in [0.3, 0.4) is 0 Å². The Morgan fingerprint density at radius 1 is 0.933 bits per heavy atom. The minimum atomic E-state index is 0.300. The number of nitrogens with one attached hydrogen (secondary N) is 2. The van der Waals surface area contributed by atoms with Gasteiger partial charge in [0.1, 0.15) is 0 Å². The maximum absolute atomic E-state index is 4.60. The highest BCUT2D eigenvalue weighted by Crippen LogP contribution is 2.31. The van der Waals surface area contributed by atoms with Crippen molar-refractivity contribution < 1.29 is 0 Å². The van der Waals surface area contributed by atoms with Gasteiger partial charge in [0.05, 0.1) is 0 Å². The van der Waals surface area contributed by atoms with Crippen molar-refractivity contribution in [2.45, 2.75) is 75.8 Å². The van der Waals surface area contributed by atoms with Crippen LogP contribution < -0.4 is 10.6 Å². The van der Waals surface area contributed by atoms with Crippen molar-refractivity contribution in [2.75, 3.05) is 66.5 Å². The fourth-order valence-corrected chi connectivity index (χ4v) is 6.32. The average molecular weight is 419 g/mol. The molecule has 0 amide bonds. The minimum absolute atomic E-state index is 0.300. The van der Waals surface area contributed by atoms with Gasteiger partial charge in [0.25, 0.3) is 0 Å². The third-order valence-corrected chi connectivity index (χ3v) is 8.36. The third kappa shape index (κ3) is 5.68. The summed E-state index contributed by atoms with van der Waals surface area (Å²) in [6, 6.07) is 0.543. The van der Waals surface area contributed by atoms with Crippen LogP contribution in [0.1, 0.15) is 64.2 Å². The van der Waals surface area contributed by atoms with Gasteiger partial charge in [-0.2, -0.15) is 0 Å². The lowest BCUT2D eigenvalue weighted by Gasteiger charge is -2.50. The fraction of sp³-hybridized carbons (Fsp3) is 0.958. The molecule has 172 valence electrons.